The molecule has 0 spiro atoms. The lowest BCUT2D eigenvalue weighted by Crippen LogP contribution is -2.27. The Morgan fingerprint density at radius 1 is 1.91 bits per heavy atom. The molecule has 1 atom stereocenters. The molecule has 0 radical (unpaired) electrons. The van der Waals surface area contributed by atoms with E-state index in [0.29, 0.717) is 6.42 Å². The molecule has 4 nitrogen and oxygen atoms in total. The van der Waals surface area contributed by atoms with Gasteiger partial charge in [0.25, 0.3) is 0 Å². The van der Waals surface area contributed by atoms with Crippen LogP contribution in [0.2, 0.25) is 0 Å². The third-order valence-corrected chi connectivity index (χ3v) is 1.78. The summed E-state index contributed by atoms with van der Waals surface area (Å²) in [5.41, 5.74) is 3.37. The molecule has 5 heteroatoms. The van der Waals surface area contributed by atoms with Gasteiger partial charge in [-0.3, -0.25) is 11.3 Å². The first-order chi connectivity index (χ1) is 5.38. The molecule has 0 saturated heterocycles. The van der Waals surface area contributed by atoms with E-state index < -0.39 is 0 Å². The fourth-order valence-electron chi connectivity index (χ4n) is 0.690. The second kappa shape index (κ2) is 4.03. The Bertz CT molecular complexity index is 238. The zero-order valence-electron chi connectivity index (χ0n) is 5.82. The van der Waals surface area contributed by atoms with E-state index in [2.05, 4.69) is 20.9 Å². The van der Waals surface area contributed by atoms with E-state index >= 15 is 0 Å². The van der Waals surface area contributed by atoms with Crippen LogP contribution < -0.4 is 11.3 Å². The first-order valence-electron chi connectivity index (χ1n) is 3.05. The van der Waals surface area contributed by atoms with Crippen LogP contribution in [0.5, 0.6) is 0 Å². The van der Waals surface area contributed by atoms with Crippen LogP contribution in [0.1, 0.15) is 18.2 Å². The number of aromatic nitrogens is 2. The first kappa shape index (κ1) is 8.14. The second-order valence-corrected chi connectivity index (χ2v) is 2.57. The van der Waals surface area contributed by atoms with Gasteiger partial charge < -0.3 is 0 Å². The molecule has 0 saturated carbocycles. The predicted molar refractivity (Wildman–Crippen MR) is 43.4 cm³/mol. The van der Waals surface area contributed by atoms with Crippen LogP contribution in [0.15, 0.2) is 5.38 Å². The van der Waals surface area contributed by atoms with Gasteiger partial charge in [0.2, 0.25) is 0 Å². The normalized spacial score (nSPS) is 12.4. The van der Waals surface area contributed by atoms with Gasteiger partial charge in [-0.2, -0.15) is 0 Å². The lowest BCUT2D eigenvalue weighted by atomic mass is 10.2. The molecule has 0 aliphatic heterocycles. The molecule has 1 rings (SSSR count). The van der Waals surface area contributed by atoms with Crippen molar-refractivity contribution in [1.29, 1.82) is 0 Å². The molecule has 1 heterocycles. The van der Waals surface area contributed by atoms with Crippen molar-refractivity contribution in [3.05, 3.63) is 11.1 Å². The number of nitrogens with zero attached hydrogens (tertiary/aromatic N) is 2. The molecule has 0 aliphatic carbocycles. The molecule has 3 N–H and O–H groups in total. The maximum absolute atomic E-state index is 5.24. The van der Waals surface area contributed by atoms with Gasteiger partial charge in [-0.1, -0.05) is 4.49 Å². The molecular weight excluding hydrogens is 160 g/mol. The van der Waals surface area contributed by atoms with Gasteiger partial charge in [-0.05, 0) is 11.5 Å². The van der Waals surface area contributed by atoms with Crippen molar-refractivity contribution in [2.75, 3.05) is 0 Å². The summed E-state index contributed by atoms with van der Waals surface area (Å²) in [5.74, 6) is 7.74. The fraction of sp³-hybridized carbons (Fsp3) is 0.333. The smallest absolute Gasteiger partial charge is 0.0947 e. The monoisotopic (exact) mass is 168 g/mol. The lowest BCUT2D eigenvalue weighted by molar-refractivity contribution is 0.552. The molecule has 0 aromatic carbocycles. The minimum atomic E-state index is -0.0706. The van der Waals surface area contributed by atoms with Gasteiger partial charge in [-0.15, -0.1) is 17.4 Å². The number of hydrogen-bond acceptors (Lipinski definition) is 5. The number of hydrazine groups is 1. The Morgan fingerprint density at radius 3 is 3.18 bits per heavy atom. The SMILES string of the molecule is C#CCC(NN)c1csnn1. The molecule has 1 aromatic rings. The molecule has 0 amide bonds. The van der Waals surface area contributed by atoms with Gasteiger partial charge >= 0.3 is 0 Å². The third-order valence-electron chi connectivity index (χ3n) is 1.26. The maximum Gasteiger partial charge on any atom is 0.0947 e. The van der Waals surface area contributed by atoms with Crippen LogP contribution in [0.4, 0.5) is 0 Å². The van der Waals surface area contributed by atoms with Gasteiger partial charge in [0, 0.05) is 11.8 Å². The van der Waals surface area contributed by atoms with Gasteiger partial charge in [0.15, 0.2) is 0 Å². The van der Waals surface area contributed by atoms with Crippen LogP contribution in [0.25, 0.3) is 0 Å². The van der Waals surface area contributed by atoms with E-state index in [-0.39, 0.29) is 6.04 Å². The summed E-state index contributed by atoms with van der Waals surface area (Å²) < 4.78 is 3.70. The van der Waals surface area contributed by atoms with Crippen molar-refractivity contribution in [2.45, 2.75) is 12.5 Å². The topological polar surface area (TPSA) is 63.8 Å². The van der Waals surface area contributed by atoms with Crippen LogP contribution in [-0.2, 0) is 0 Å². The average molecular weight is 168 g/mol. The number of nitrogens with one attached hydrogen (secondary N) is 1. The van der Waals surface area contributed by atoms with Gasteiger partial charge in [0.1, 0.15) is 0 Å². The first-order valence-corrected chi connectivity index (χ1v) is 3.88. The van der Waals surface area contributed by atoms with E-state index in [1.54, 1.807) is 0 Å². The van der Waals surface area contributed by atoms with Crippen molar-refractivity contribution >= 4 is 11.5 Å². The third kappa shape index (κ3) is 1.98. The number of hydrogen-bond donors (Lipinski definition) is 2. The van der Waals surface area contributed by atoms with Gasteiger partial charge in [-0.25, -0.2) is 0 Å². The highest BCUT2D eigenvalue weighted by molar-refractivity contribution is 7.03. The van der Waals surface area contributed by atoms with Gasteiger partial charge in [0.05, 0.1) is 11.7 Å². The Balaban J connectivity index is 2.65. The highest BCUT2D eigenvalue weighted by atomic mass is 32.1. The highest BCUT2D eigenvalue weighted by Gasteiger charge is 2.09. The summed E-state index contributed by atoms with van der Waals surface area (Å²) in [5, 5.41) is 5.66. The molecule has 0 aliphatic rings. The maximum atomic E-state index is 5.24. The summed E-state index contributed by atoms with van der Waals surface area (Å²) in [6.07, 6.45) is 5.65. The summed E-state index contributed by atoms with van der Waals surface area (Å²) in [6.45, 7) is 0. The molecular formula is C6H8N4S. The van der Waals surface area contributed by atoms with E-state index in [4.69, 9.17) is 12.3 Å². The fourth-order valence-corrected chi connectivity index (χ4v) is 1.20. The Kier molecular flexibility index (Phi) is 2.98. The Morgan fingerprint density at radius 2 is 2.73 bits per heavy atom. The van der Waals surface area contributed by atoms with E-state index in [0.717, 1.165) is 5.69 Å². The van der Waals surface area contributed by atoms with Crippen LogP contribution >= 0.6 is 11.5 Å². The minimum absolute atomic E-state index is 0.0706. The molecule has 0 fully saturated rings. The number of rotatable bonds is 3. The zero-order chi connectivity index (χ0) is 8.10. The highest BCUT2D eigenvalue weighted by Crippen LogP contribution is 2.12. The van der Waals surface area contributed by atoms with E-state index in [1.165, 1.54) is 11.5 Å². The average Bonchev–Trinajstić information content (AvgIpc) is 2.52. The predicted octanol–water partition coefficient (Wildman–Crippen LogP) is 0.0658. The quantitative estimate of drug-likeness (QED) is 0.381. The molecule has 1 aromatic heterocycles. The van der Waals surface area contributed by atoms with Crippen LogP contribution in [0, 0.1) is 12.3 Å². The summed E-state index contributed by atoms with van der Waals surface area (Å²) in [7, 11) is 0. The van der Waals surface area contributed by atoms with Crippen LogP contribution in [0.3, 0.4) is 0 Å². The largest absolute Gasteiger partial charge is 0.271 e. The second-order valence-electron chi connectivity index (χ2n) is 1.96. The van der Waals surface area contributed by atoms with Crippen molar-refractivity contribution < 1.29 is 0 Å². The number of nitrogens with two attached hydrogens (primary N) is 1. The Hall–Kier alpha value is -0.960. The lowest BCUT2D eigenvalue weighted by Gasteiger charge is -2.07. The zero-order valence-corrected chi connectivity index (χ0v) is 6.64. The van der Waals surface area contributed by atoms with E-state index in [9.17, 15) is 0 Å². The molecule has 1 unspecified atom stereocenters. The van der Waals surface area contributed by atoms with Crippen molar-refractivity contribution in [2.24, 2.45) is 5.84 Å². The minimum Gasteiger partial charge on any atom is -0.271 e. The Labute approximate surface area is 68.9 Å². The molecule has 58 valence electrons. The molecule has 11 heavy (non-hydrogen) atoms. The van der Waals surface area contributed by atoms with Crippen molar-refractivity contribution in [1.82, 2.24) is 15.0 Å². The summed E-state index contributed by atoms with van der Waals surface area (Å²) in [6, 6.07) is -0.0706. The van der Waals surface area contributed by atoms with E-state index in [1.807, 2.05) is 5.38 Å². The van der Waals surface area contributed by atoms with Crippen molar-refractivity contribution in [3.63, 3.8) is 0 Å². The molecule has 0 bridgehead atoms. The standard InChI is InChI=1S/C6H8N4S/c1-2-3-5(8-7)6-4-11-10-9-6/h1,4-5,8H,3,7H2. The van der Waals surface area contributed by atoms with Crippen molar-refractivity contribution in [3.8, 4) is 12.3 Å². The summed E-state index contributed by atoms with van der Waals surface area (Å²) >= 11 is 1.28. The number of terminal acetylenes is 1. The van der Waals surface area contributed by atoms with Crippen LogP contribution in [-0.4, -0.2) is 9.59 Å². The summed E-state index contributed by atoms with van der Waals surface area (Å²) in [4.78, 5) is 0.